The molecular formula is C22H15ClN2O3. The van der Waals surface area contributed by atoms with Gasteiger partial charge in [0.15, 0.2) is 0 Å². The minimum absolute atomic E-state index is 0.232. The first-order chi connectivity index (χ1) is 13.6. The summed E-state index contributed by atoms with van der Waals surface area (Å²) >= 11 is 6.32. The molecule has 0 unspecified atom stereocenters. The van der Waals surface area contributed by atoms with Crippen LogP contribution in [0.5, 0.6) is 0 Å². The van der Waals surface area contributed by atoms with Gasteiger partial charge in [-0.1, -0.05) is 54.1 Å². The molecular weight excluding hydrogens is 376 g/mol. The van der Waals surface area contributed by atoms with E-state index in [2.05, 4.69) is 0 Å². The maximum atomic E-state index is 13.2. The SMILES string of the molecule is O=C1c2ccccc2C(=O)N1CN(C(=O)c1ccccc1)c1ccccc1Cl. The van der Waals surface area contributed by atoms with Crippen molar-refractivity contribution in [2.45, 2.75) is 0 Å². The molecule has 1 aliphatic heterocycles. The summed E-state index contributed by atoms with van der Waals surface area (Å²) in [6, 6.07) is 22.1. The summed E-state index contributed by atoms with van der Waals surface area (Å²) in [5.74, 6) is -1.22. The van der Waals surface area contributed by atoms with Crippen molar-refractivity contribution in [1.82, 2.24) is 4.90 Å². The monoisotopic (exact) mass is 390 g/mol. The molecule has 6 heteroatoms. The molecule has 3 amide bonds. The molecule has 0 N–H and O–H groups in total. The smallest absolute Gasteiger partial charge is 0.263 e. The zero-order chi connectivity index (χ0) is 19.7. The second kappa shape index (κ2) is 7.29. The van der Waals surface area contributed by atoms with Gasteiger partial charge in [-0.2, -0.15) is 0 Å². The average molecular weight is 391 g/mol. The van der Waals surface area contributed by atoms with Gasteiger partial charge in [0.25, 0.3) is 17.7 Å². The molecule has 3 aromatic carbocycles. The molecule has 1 heterocycles. The van der Waals surface area contributed by atoms with Crippen molar-refractivity contribution in [2.75, 3.05) is 11.6 Å². The van der Waals surface area contributed by atoms with E-state index >= 15 is 0 Å². The molecule has 0 saturated carbocycles. The minimum atomic E-state index is -0.432. The topological polar surface area (TPSA) is 57.7 Å². The number of imide groups is 1. The van der Waals surface area contributed by atoms with Crippen molar-refractivity contribution in [3.05, 3.63) is 101 Å². The predicted octanol–water partition coefficient (Wildman–Crippen LogP) is 4.24. The van der Waals surface area contributed by atoms with Gasteiger partial charge in [0, 0.05) is 5.56 Å². The van der Waals surface area contributed by atoms with Crippen LogP contribution < -0.4 is 4.90 Å². The highest BCUT2D eigenvalue weighted by molar-refractivity contribution is 6.34. The highest BCUT2D eigenvalue weighted by Gasteiger charge is 2.37. The Morgan fingerprint density at radius 1 is 0.786 bits per heavy atom. The number of carbonyl (C=O) groups is 3. The van der Waals surface area contributed by atoms with Gasteiger partial charge in [-0.3, -0.25) is 24.2 Å². The van der Waals surface area contributed by atoms with E-state index in [9.17, 15) is 14.4 Å². The fourth-order valence-electron chi connectivity index (χ4n) is 3.17. The fourth-order valence-corrected chi connectivity index (χ4v) is 3.40. The number of anilines is 1. The quantitative estimate of drug-likeness (QED) is 0.626. The van der Waals surface area contributed by atoms with Crippen molar-refractivity contribution in [1.29, 1.82) is 0 Å². The van der Waals surface area contributed by atoms with Crippen LogP contribution >= 0.6 is 11.6 Å². The summed E-state index contributed by atoms with van der Waals surface area (Å²) in [5, 5.41) is 0.350. The highest BCUT2D eigenvalue weighted by atomic mass is 35.5. The Balaban J connectivity index is 1.73. The molecule has 5 nitrogen and oxygen atoms in total. The molecule has 28 heavy (non-hydrogen) atoms. The number of hydrogen-bond acceptors (Lipinski definition) is 3. The number of para-hydroxylation sites is 1. The van der Waals surface area contributed by atoms with Crippen LogP contribution in [0.4, 0.5) is 5.69 Å². The van der Waals surface area contributed by atoms with Crippen molar-refractivity contribution in [3.8, 4) is 0 Å². The minimum Gasteiger partial charge on any atom is -0.288 e. The van der Waals surface area contributed by atoms with Gasteiger partial charge >= 0.3 is 0 Å². The molecule has 4 rings (SSSR count). The first-order valence-corrected chi connectivity index (χ1v) is 9.02. The van der Waals surface area contributed by atoms with Crippen LogP contribution in [0.3, 0.4) is 0 Å². The standard InChI is InChI=1S/C22H15ClN2O3/c23-18-12-6-7-13-19(18)24(20(26)15-8-2-1-3-9-15)14-25-21(27)16-10-4-5-11-17(16)22(25)28/h1-13H,14H2. The number of fused-ring (bicyclic) bond motifs is 1. The zero-order valence-corrected chi connectivity index (χ0v) is 15.5. The van der Waals surface area contributed by atoms with E-state index in [0.29, 0.717) is 27.4 Å². The Labute approximate surface area is 166 Å². The maximum Gasteiger partial charge on any atom is 0.263 e. The molecule has 0 saturated heterocycles. The van der Waals surface area contributed by atoms with Gasteiger partial charge in [-0.05, 0) is 36.4 Å². The molecule has 0 spiro atoms. The Bertz CT molecular complexity index is 1050. The first-order valence-electron chi connectivity index (χ1n) is 8.64. The van der Waals surface area contributed by atoms with Gasteiger partial charge in [-0.15, -0.1) is 0 Å². The van der Waals surface area contributed by atoms with Crippen LogP contribution in [0.25, 0.3) is 0 Å². The summed E-state index contributed by atoms with van der Waals surface area (Å²) in [7, 11) is 0. The summed E-state index contributed by atoms with van der Waals surface area (Å²) in [6.07, 6.45) is 0. The van der Waals surface area contributed by atoms with Gasteiger partial charge in [0.05, 0.1) is 21.8 Å². The number of hydrogen-bond donors (Lipinski definition) is 0. The lowest BCUT2D eigenvalue weighted by Crippen LogP contribution is -2.44. The molecule has 0 radical (unpaired) electrons. The Hall–Kier alpha value is -3.44. The van der Waals surface area contributed by atoms with Crippen LogP contribution in [0.2, 0.25) is 5.02 Å². The number of nitrogens with zero attached hydrogens (tertiary/aromatic N) is 2. The second-order valence-corrected chi connectivity index (χ2v) is 6.68. The van der Waals surface area contributed by atoms with E-state index in [1.54, 1.807) is 78.9 Å². The van der Waals surface area contributed by atoms with Crippen molar-refractivity contribution in [2.24, 2.45) is 0 Å². The molecule has 0 aliphatic carbocycles. The van der Waals surface area contributed by atoms with Crippen molar-refractivity contribution < 1.29 is 14.4 Å². The lowest BCUT2D eigenvalue weighted by atomic mass is 10.1. The van der Waals surface area contributed by atoms with E-state index in [4.69, 9.17) is 11.6 Å². The Morgan fingerprint density at radius 2 is 1.32 bits per heavy atom. The average Bonchev–Trinajstić information content (AvgIpc) is 2.97. The predicted molar refractivity (Wildman–Crippen MR) is 107 cm³/mol. The van der Waals surface area contributed by atoms with E-state index in [1.165, 1.54) is 4.90 Å². The van der Waals surface area contributed by atoms with Gasteiger partial charge in [0.1, 0.15) is 6.67 Å². The van der Waals surface area contributed by atoms with Crippen LogP contribution in [0, 0.1) is 0 Å². The van der Waals surface area contributed by atoms with Crippen molar-refractivity contribution >= 4 is 35.0 Å². The zero-order valence-electron chi connectivity index (χ0n) is 14.7. The molecule has 0 atom stereocenters. The number of halogens is 1. The van der Waals surface area contributed by atoms with Crippen molar-refractivity contribution in [3.63, 3.8) is 0 Å². The summed E-state index contributed by atoms with van der Waals surface area (Å²) < 4.78 is 0. The molecule has 3 aromatic rings. The van der Waals surface area contributed by atoms with Crippen LogP contribution in [0.1, 0.15) is 31.1 Å². The lowest BCUT2D eigenvalue weighted by Gasteiger charge is -2.28. The third-order valence-electron chi connectivity index (χ3n) is 4.57. The Kier molecular flexibility index (Phi) is 4.67. The highest BCUT2D eigenvalue weighted by Crippen LogP contribution is 2.29. The third kappa shape index (κ3) is 3.06. The molecule has 0 fully saturated rings. The van der Waals surface area contributed by atoms with E-state index < -0.39 is 11.8 Å². The third-order valence-corrected chi connectivity index (χ3v) is 4.89. The fraction of sp³-hybridized carbons (Fsp3) is 0.0455. The van der Waals surface area contributed by atoms with E-state index in [1.807, 2.05) is 0 Å². The number of rotatable bonds is 4. The molecule has 138 valence electrons. The number of benzene rings is 3. The normalized spacial score (nSPS) is 12.8. The van der Waals surface area contributed by atoms with Gasteiger partial charge in [-0.25, -0.2) is 0 Å². The largest absolute Gasteiger partial charge is 0.288 e. The number of carbonyl (C=O) groups excluding carboxylic acids is 3. The van der Waals surface area contributed by atoms with Crippen LogP contribution in [-0.4, -0.2) is 29.3 Å². The van der Waals surface area contributed by atoms with Crippen LogP contribution in [0.15, 0.2) is 78.9 Å². The summed E-state index contributed by atoms with van der Waals surface area (Å²) in [6.45, 7) is -0.232. The second-order valence-electron chi connectivity index (χ2n) is 6.28. The van der Waals surface area contributed by atoms with E-state index in [-0.39, 0.29) is 12.6 Å². The van der Waals surface area contributed by atoms with E-state index in [0.717, 1.165) is 4.90 Å². The molecule has 1 aliphatic rings. The van der Waals surface area contributed by atoms with Gasteiger partial charge in [0.2, 0.25) is 0 Å². The Morgan fingerprint density at radius 3 is 1.93 bits per heavy atom. The first kappa shape index (κ1) is 17.9. The maximum absolute atomic E-state index is 13.2. The molecule has 0 bridgehead atoms. The van der Waals surface area contributed by atoms with Gasteiger partial charge < -0.3 is 0 Å². The summed E-state index contributed by atoms with van der Waals surface area (Å²) in [4.78, 5) is 41.1. The number of amides is 3. The van der Waals surface area contributed by atoms with Crippen LogP contribution in [-0.2, 0) is 0 Å². The lowest BCUT2D eigenvalue weighted by molar-refractivity contribution is 0.0650. The summed E-state index contributed by atoms with van der Waals surface area (Å²) in [5.41, 5.74) is 1.52. The molecule has 0 aromatic heterocycles.